The molecule has 1 unspecified atom stereocenters. The number of nitrogens with zero attached hydrogens (tertiary/aromatic N) is 5. The second-order valence-electron chi connectivity index (χ2n) is 12.7. The minimum absolute atomic E-state index is 0.206. The standard InChI is InChI=1S/C30H50N6O2/c1-20(2)17-25-11-6-7-16-35(25)19-36(18-23-14-12-21(3)13-15-23)26-27(31-5)33-29(30(37)38)34-28(26)32-22(4)24-9-8-10-24/h20-25H,5-19H2,1-4H3,(H,37,38)(H,32,33,34)/t21-,22-,23-,25?/m1/s1. The summed E-state index contributed by atoms with van der Waals surface area (Å²) in [7, 11) is 0. The molecule has 0 aromatic carbocycles. The summed E-state index contributed by atoms with van der Waals surface area (Å²) in [6.45, 7) is 15.8. The lowest BCUT2D eigenvalue weighted by Crippen LogP contribution is -2.48. The van der Waals surface area contributed by atoms with Crippen LogP contribution in [-0.2, 0) is 0 Å². The molecule has 38 heavy (non-hydrogen) atoms. The van der Waals surface area contributed by atoms with Crippen LogP contribution in [0.25, 0.3) is 0 Å². The van der Waals surface area contributed by atoms with E-state index in [9.17, 15) is 9.90 Å². The molecule has 2 N–H and O–H groups in total. The molecule has 8 nitrogen and oxygen atoms in total. The lowest BCUT2D eigenvalue weighted by atomic mass is 9.80. The summed E-state index contributed by atoms with van der Waals surface area (Å²) in [5.41, 5.74) is 0.823. The Morgan fingerprint density at radius 2 is 1.84 bits per heavy atom. The van der Waals surface area contributed by atoms with E-state index in [0.717, 1.165) is 31.4 Å². The number of rotatable bonds is 12. The van der Waals surface area contributed by atoms with Crippen molar-refractivity contribution in [1.82, 2.24) is 14.9 Å². The SMILES string of the molecule is C=Nc1nc(C(=O)O)nc(N[C@H](C)C2CCC2)c1N(CN1CCCCC1CC(C)C)C[C@H]1CC[C@H](C)CC1. The molecule has 3 aliphatic rings. The zero-order valence-electron chi connectivity index (χ0n) is 24.2. The topological polar surface area (TPSA) is 93.9 Å². The van der Waals surface area contributed by atoms with Crippen LogP contribution in [0.15, 0.2) is 4.99 Å². The van der Waals surface area contributed by atoms with E-state index in [1.165, 1.54) is 70.6 Å². The van der Waals surface area contributed by atoms with Crippen LogP contribution < -0.4 is 10.2 Å². The normalized spacial score (nSPS) is 25.6. The Kier molecular flexibility index (Phi) is 10.0. The highest BCUT2D eigenvalue weighted by atomic mass is 16.4. The number of carbonyl (C=O) groups is 1. The molecule has 0 amide bonds. The first-order valence-corrected chi connectivity index (χ1v) is 15.1. The number of piperidine rings is 1. The molecular weight excluding hydrogens is 476 g/mol. The van der Waals surface area contributed by atoms with Crippen molar-refractivity contribution in [1.29, 1.82) is 0 Å². The van der Waals surface area contributed by atoms with Gasteiger partial charge >= 0.3 is 5.97 Å². The molecule has 2 atom stereocenters. The third-order valence-electron chi connectivity index (χ3n) is 9.20. The summed E-state index contributed by atoms with van der Waals surface area (Å²) in [4.78, 5) is 30.3. The van der Waals surface area contributed by atoms with E-state index >= 15 is 0 Å². The summed E-state index contributed by atoms with van der Waals surface area (Å²) in [5, 5.41) is 13.4. The maximum Gasteiger partial charge on any atom is 0.374 e. The first-order chi connectivity index (χ1) is 18.2. The Morgan fingerprint density at radius 3 is 2.45 bits per heavy atom. The average Bonchev–Trinajstić information content (AvgIpc) is 2.84. The summed E-state index contributed by atoms with van der Waals surface area (Å²) in [5.74, 6) is 2.23. The second kappa shape index (κ2) is 13.2. The van der Waals surface area contributed by atoms with E-state index in [4.69, 9.17) is 0 Å². The number of hydrogen-bond donors (Lipinski definition) is 2. The Morgan fingerprint density at radius 1 is 1.11 bits per heavy atom. The van der Waals surface area contributed by atoms with Crippen molar-refractivity contribution in [2.45, 2.75) is 110 Å². The Balaban J connectivity index is 1.71. The molecule has 3 fully saturated rings. The number of hydrogen-bond acceptors (Lipinski definition) is 7. The van der Waals surface area contributed by atoms with Gasteiger partial charge in [-0.15, -0.1) is 0 Å². The van der Waals surface area contributed by atoms with Crippen molar-refractivity contribution in [3.05, 3.63) is 5.82 Å². The van der Waals surface area contributed by atoms with E-state index in [2.05, 4.69) is 64.5 Å². The average molecular weight is 527 g/mol. The smallest absolute Gasteiger partial charge is 0.374 e. The van der Waals surface area contributed by atoms with E-state index in [0.29, 0.717) is 35.4 Å². The zero-order valence-corrected chi connectivity index (χ0v) is 24.2. The number of aromatic nitrogens is 2. The minimum atomic E-state index is -1.14. The third-order valence-corrected chi connectivity index (χ3v) is 9.20. The Labute approximate surface area is 229 Å². The molecule has 0 radical (unpaired) electrons. The predicted octanol–water partition coefficient (Wildman–Crippen LogP) is 6.60. The van der Waals surface area contributed by atoms with Crippen molar-refractivity contribution in [2.75, 3.05) is 30.0 Å². The molecular formula is C30H50N6O2. The monoisotopic (exact) mass is 526 g/mol. The van der Waals surface area contributed by atoms with Crippen molar-refractivity contribution >= 4 is 30.0 Å². The van der Waals surface area contributed by atoms with Crippen LogP contribution in [0.5, 0.6) is 0 Å². The van der Waals surface area contributed by atoms with Crippen molar-refractivity contribution in [3.8, 4) is 0 Å². The maximum absolute atomic E-state index is 12.0. The first-order valence-electron chi connectivity index (χ1n) is 15.1. The molecule has 1 aromatic rings. The largest absolute Gasteiger partial charge is 0.475 e. The number of anilines is 2. The van der Waals surface area contributed by atoms with Gasteiger partial charge in [-0.1, -0.05) is 46.5 Å². The van der Waals surface area contributed by atoms with Crippen LogP contribution in [0, 0.1) is 23.7 Å². The van der Waals surface area contributed by atoms with E-state index in [-0.39, 0.29) is 11.9 Å². The molecule has 2 aliphatic carbocycles. The third kappa shape index (κ3) is 7.25. The Bertz CT molecular complexity index is 941. The fourth-order valence-electron chi connectivity index (χ4n) is 6.63. The number of aliphatic imine (C=N–C) groups is 1. The van der Waals surface area contributed by atoms with Crippen molar-refractivity contribution < 1.29 is 9.90 Å². The lowest BCUT2D eigenvalue weighted by Gasteiger charge is -2.42. The van der Waals surface area contributed by atoms with Gasteiger partial charge in [-0.2, -0.15) is 0 Å². The molecule has 1 saturated heterocycles. The van der Waals surface area contributed by atoms with Gasteiger partial charge in [0.1, 0.15) is 5.69 Å². The summed E-state index contributed by atoms with van der Waals surface area (Å²) in [6.07, 6.45) is 13.6. The molecule has 8 heteroatoms. The van der Waals surface area contributed by atoms with Crippen LogP contribution in [-0.4, -0.2) is 64.5 Å². The summed E-state index contributed by atoms with van der Waals surface area (Å²) >= 11 is 0. The van der Waals surface area contributed by atoms with Gasteiger partial charge in [-0.25, -0.2) is 19.8 Å². The summed E-state index contributed by atoms with van der Waals surface area (Å²) < 4.78 is 0. The van der Waals surface area contributed by atoms with Crippen LogP contribution in [0.2, 0.25) is 0 Å². The highest BCUT2D eigenvalue weighted by Gasteiger charge is 2.32. The Hall–Kier alpha value is -2.22. The number of nitrogens with one attached hydrogen (secondary N) is 1. The first kappa shape index (κ1) is 28.8. The predicted molar refractivity (Wildman–Crippen MR) is 156 cm³/mol. The van der Waals surface area contributed by atoms with Gasteiger partial charge < -0.3 is 15.3 Å². The lowest BCUT2D eigenvalue weighted by molar-refractivity contribution is 0.0683. The van der Waals surface area contributed by atoms with Gasteiger partial charge in [-0.05, 0) is 82.3 Å². The van der Waals surface area contributed by atoms with Gasteiger partial charge in [0.2, 0.25) is 5.82 Å². The highest BCUT2D eigenvalue weighted by Crippen LogP contribution is 2.39. The van der Waals surface area contributed by atoms with Crippen molar-refractivity contribution in [2.24, 2.45) is 28.7 Å². The molecule has 1 aliphatic heterocycles. The van der Waals surface area contributed by atoms with E-state index in [1.54, 1.807) is 0 Å². The van der Waals surface area contributed by atoms with Gasteiger partial charge in [-0.3, -0.25) is 4.90 Å². The molecule has 212 valence electrons. The second-order valence-corrected chi connectivity index (χ2v) is 12.7. The number of aromatic carboxylic acids is 1. The van der Waals surface area contributed by atoms with Gasteiger partial charge in [0.25, 0.3) is 0 Å². The molecule has 4 rings (SSSR count). The van der Waals surface area contributed by atoms with Crippen LogP contribution >= 0.6 is 0 Å². The molecule has 2 heterocycles. The molecule has 2 saturated carbocycles. The van der Waals surface area contributed by atoms with Gasteiger partial charge in [0.15, 0.2) is 11.6 Å². The highest BCUT2D eigenvalue weighted by molar-refractivity contribution is 5.87. The molecule has 1 aromatic heterocycles. The number of carboxylic acids is 1. The maximum atomic E-state index is 12.0. The quantitative estimate of drug-likeness (QED) is 0.296. The van der Waals surface area contributed by atoms with Gasteiger partial charge in [0.05, 0.1) is 6.67 Å². The van der Waals surface area contributed by atoms with Crippen molar-refractivity contribution in [3.63, 3.8) is 0 Å². The minimum Gasteiger partial charge on any atom is -0.475 e. The van der Waals surface area contributed by atoms with Crippen LogP contribution in [0.1, 0.15) is 109 Å². The number of likely N-dealkylation sites (tertiary alicyclic amines) is 1. The fourth-order valence-corrected chi connectivity index (χ4v) is 6.63. The van der Waals surface area contributed by atoms with E-state index in [1.807, 2.05) is 0 Å². The molecule has 0 spiro atoms. The van der Waals surface area contributed by atoms with Crippen LogP contribution in [0.3, 0.4) is 0 Å². The van der Waals surface area contributed by atoms with Gasteiger partial charge in [0, 0.05) is 25.2 Å². The number of carboxylic acid groups (broad SMARTS) is 1. The zero-order chi connectivity index (χ0) is 27.2. The van der Waals surface area contributed by atoms with E-state index < -0.39 is 5.97 Å². The fraction of sp³-hybridized carbons (Fsp3) is 0.800. The molecule has 0 bridgehead atoms. The summed E-state index contributed by atoms with van der Waals surface area (Å²) in [6, 6.07) is 0.764. The van der Waals surface area contributed by atoms with Crippen LogP contribution in [0.4, 0.5) is 17.3 Å².